The number of fused-ring (bicyclic) bond motifs is 4. The number of carbonyl (C=O) groups is 3. The van der Waals surface area contributed by atoms with E-state index in [0.717, 1.165) is 18.7 Å². The van der Waals surface area contributed by atoms with Gasteiger partial charge in [-0.05, 0) is 61.3 Å². The Morgan fingerprint density at radius 3 is 2.57 bits per heavy atom. The molecule has 2 fully saturated rings. The summed E-state index contributed by atoms with van der Waals surface area (Å²) in [7, 11) is 0. The zero-order chi connectivity index (χ0) is 29.8. The van der Waals surface area contributed by atoms with Crippen molar-refractivity contribution in [3.8, 4) is 11.5 Å². The summed E-state index contributed by atoms with van der Waals surface area (Å²) in [6.45, 7) is 4.05. The van der Waals surface area contributed by atoms with Crippen LogP contribution in [0.5, 0.6) is 11.5 Å². The number of ether oxygens (including phenoxy) is 1. The summed E-state index contributed by atoms with van der Waals surface area (Å²) in [5.41, 5.74) is 1.45. The lowest BCUT2D eigenvalue weighted by molar-refractivity contribution is -0.133. The van der Waals surface area contributed by atoms with Gasteiger partial charge in [0.1, 0.15) is 23.1 Å². The molecule has 3 aliphatic heterocycles. The van der Waals surface area contributed by atoms with Gasteiger partial charge < -0.3 is 19.7 Å². The monoisotopic (exact) mass is 581 g/mol. The quantitative estimate of drug-likeness (QED) is 0.412. The number of amides is 4. The van der Waals surface area contributed by atoms with Crippen molar-refractivity contribution in [2.45, 2.75) is 44.9 Å². The molecule has 2 unspecified atom stereocenters. The van der Waals surface area contributed by atoms with Gasteiger partial charge in [0, 0.05) is 62.7 Å². The highest BCUT2D eigenvalue weighted by atomic mass is 19.3. The van der Waals surface area contributed by atoms with E-state index < -0.39 is 24.2 Å². The average Bonchev–Trinajstić information content (AvgIpc) is 3.39. The lowest BCUT2D eigenvalue weighted by Gasteiger charge is -2.42. The van der Waals surface area contributed by atoms with Crippen molar-refractivity contribution < 1.29 is 33.0 Å². The largest absolute Gasteiger partial charge is 0.508 e. The Hall–Kier alpha value is -4.19. The number of aromatic nitrogens is 1. The number of phenols is 1. The van der Waals surface area contributed by atoms with Crippen molar-refractivity contribution in [2.24, 2.45) is 0 Å². The highest BCUT2D eigenvalue weighted by molar-refractivity contribution is 6.08. The number of aromatic hydroxyl groups is 1. The second kappa shape index (κ2) is 10.6. The Balaban J connectivity index is 1.31. The predicted octanol–water partition coefficient (Wildman–Crippen LogP) is 3.70. The van der Waals surface area contributed by atoms with Gasteiger partial charge >= 0.3 is 12.6 Å². The number of alkyl halides is 2. The smallest absolute Gasteiger partial charge is 0.387 e. The van der Waals surface area contributed by atoms with Crippen LogP contribution in [0.25, 0.3) is 10.9 Å². The van der Waals surface area contributed by atoms with Gasteiger partial charge in [-0.15, -0.1) is 0 Å². The Bertz CT molecular complexity index is 1550. The first kappa shape index (κ1) is 28.0. The third-order valence-electron chi connectivity index (χ3n) is 8.72. The number of imide groups is 1. The van der Waals surface area contributed by atoms with E-state index in [4.69, 9.17) is 0 Å². The molecule has 1 aromatic heterocycles. The molecule has 2 aromatic carbocycles. The molecular formula is C30H33F2N5O5. The summed E-state index contributed by atoms with van der Waals surface area (Å²) in [5.74, 6) is -0.242. The van der Waals surface area contributed by atoms with Gasteiger partial charge in [0.2, 0.25) is 5.91 Å². The molecule has 3 aliphatic rings. The summed E-state index contributed by atoms with van der Waals surface area (Å²) in [4.78, 5) is 50.0. The zero-order valence-corrected chi connectivity index (χ0v) is 23.5. The Morgan fingerprint density at radius 2 is 1.88 bits per heavy atom. The minimum absolute atomic E-state index is 0.000348. The number of nitrogens with zero attached hydrogens (tertiary/aromatic N) is 4. The van der Waals surface area contributed by atoms with E-state index in [9.17, 15) is 28.3 Å². The van der Waals surface area contributed by atoms with Crippen LogP contribution in [-0.2, 0) is 16.0 Å². The zero-order valence-electron chi connectivity index (χ0n) is 23.5. The average molecular weight is 582 g/mol. The van der Waals surface area contributed by atoms with Gasteiger partial charge in [-0.3, -0.25) is 24.3 Å². The second-order valence-electron chi connectivity index (χ2n) is 11.4. The summed E-state index contributed by atoms with van der Waals surface area (Å²) in [6, 6.07) is 10.0. The number of piperazine rings is 1. The molecule has 4 amide bonds. The number of hydrogen-bond donors (Lipinski definition) is 2. The molecule has 4 heterocycles. The second-order valence-corrected chi connectivity index (χ2v) is 11.4. The van der Waals surface area contributed by atoms with E-state index in [2.05, 4.69) is 14.6 Å². The van der Waals surface area contributed by atoms with E-state index in [1.165, 1.54) is 23.1 Å². The van der Waals surface area contributed by atoms with E-state index in [-0.39, 0.29) is 36.3 Å². The van der Waals surface area contributed by atoms with Crippen molar-refractivity contribution in [3.05, 3.63) is 59.3 Å². The van der Waals surface area contributed by atoms with Gasteiger partial charge in [0.05, 0.1) is 0 Å². The van der Waals surface area contributed by atoms with E-state index in [0.29, 0.717) is 48.2 Å². The van der Waals surface area contributed by atoms with E-state index in [1.54, 1.807) is 43.0 Å². The number of halogens is 2. The molecule has 6 rings (SSSR count). The molecular weight excluding hydrogens is 548 g/mol. The number of benzene rings is 2. The first-order valence-electron chi connectivity index (χ1n) is 14.1. The number of carbonyl (C=O) groups excluding carboxylic acids is 3. The third kappa shape index (κ3) is 4.73. The first-order valence-corrected chi connectivity index (χ1v) is 14.1. The Labute approximate surface area is 241 Å². The normalized spacial score (nSPS) is 22.7. The fourth-order valence-electron chi connectivity index (χ4n) is 6.65. The van der Waals surface area contributed by atoms with Crippen LogP contribution in [0.15, 0.2) is 42.5 Å². The van der Waals surface area contributed by atoms with Crippen LogP contribution in [0, 0.1) is 0 Å². The molecule has 42 heavy (non-hydrogen) atoms. The molecule has 0 radical (unpaired) electrons. The fourth-order valence-corrected chi connectivity index (χ4v) is 6.65. The van der Waals surface area contributed by atoms with Crippen molar-refractivity contribution in [1.29, 1.82) is 0 Å². The standard InChI is InChI=1S/C30H33F2N5O5/c1-18(38)35-13-11-34(12-14-35)9-4-10-36-27(40)30(2)17-23-22-16-21(42-28(31)32)7-8-24(22)33-25(23)26(37(30)29(36)41)19-5-3-6-20(39)15-19/h3,5-8,15-16,26,28,33,39H,4,9-14,17H2,1-2H3. The summed E-state index contributed by atoms with van der Waals surface area (Å²) < 4.78 is 30.6. The minimum Gasteiger partial charge on any atom is -0.508 e. The number of rotatable bonds is 7. The van der Waals surface area contributed by atoms with Crippen LogP contribution in [0.3, 0.4) is 0 Å². The molecule has 0 spiro atoms. The number of aromatic amines is 1. The van der Waals surface area contributed by atoms with Crippen LogP contribution in [0.1, 0.15) is 43.1 Å². The Morgan fingerprint density at radius 1 is 1.12 bits per heavy atom. The molecule has 2 saturated heterocycles. The number of nitrogens with one attached hydrogen (secondary N) is 1. The number of urea groups is 1. The maximum Gasteiger partial charge on any atom is 0.387 e. The molecule has 12 heteroatoms. The molecule has 0 aliphatic carbocycles. The van der Waals surface area contributed by atoms with Crippen molar-refractivity contribution in [2.75, 3.05) is 39.3 Å². The minimum atomic E-state index is -2.98. The van der Waals surface area contributed by atoms with Crippen LogP contribution >= 0.6 is 0 Å². The van der Waals surface area contributed by atoms with Gasteiger partial charge in [0.25, 0.3) is 5.91 Å². The fraction of sp³-hybridized carbons (Fsp3) is 0.433. The van der Waals surface area contributed by atoms with Crippen molar-refractivity contribution in [1.82, 2.24) is 24.6 Å². The maximum atomic E-state index is 14.0. The van der Waals surface area contributed by atoms with Crippen LogP contribution < -0.4 is 4.74 Å². The highest BCUT2D eigenvalue weighted by Gasteiger charge is 2.60. The number of H-pyrrole nitrogens is 1. The van der Waals surface area contributed by atoms with Gasteiger partial charge in [0.15, 0.2) is 0 Å². The molecule has 3 aromatic rings. The van der Waals surface area contributed by atoms with Crippen molar-refractivity contribution >= 4 is 28.7 Å². The van der Waals surface area contributed by atoms with Crippen LogP contribution in [0.4, 0.5) is 13.6 Å². The molecule has 2 N–H and O–H groups in total. The Kier molecular flexibility index (Phi) is 7.04. The summed E-state index contributed by atoms with van der Waals surface area (Å²) >= 11 is 0. The van der Waals surface area contributed by atoms with Gasteiger partial charge in [-0.1, -0.05) is 12.1 Å². The lowest BCUT2D eigenvalue weighted by Crippen LogP contribution is -2.53. The SMILES string of the molecule is CC(=O)N1CCN(CCCN2C(=O)N3C(c4cccc(O)c4)c4[nH]c5ccc(OC(F)F)cc5c4CC3(C)C2=O)CC1. The van der Waals surface area contributed by atoms with Gasteiger partial charge in [-0.25, -0.2) is 4.79 Å². The highest BCUT2D eigenvalue weighted by Crippen LogP contribution is 2.49. The van der Waals surface area contributed by atoms with E-state index >= 15 is 0 Å². The van der Waals surface area contributed by atoms with E-state index in [1.807, 2.05) is 4.90 Å². The molecule has 2 atom stereocenters. The number of hydrogen-bond acceptors (Lipinski definition) is 6. The summed E-state index contributed by atoms with van der Waals surface area (Å²) in [6.07, 6.45) is 0.769. The topological polar surface area (TPSA) is 109 Å². The van der Waals surface area contributed by atoms with Crippen LogP contribution in [0.2, 0.25) is 0 Å². The van der Waals surface area contributed by atoms with Crippen LogP contribution in [-0.4, -0.2) is 99.0 Å². The number of phenolic OH excluding ortho intramolecular Hbond substituents is 1. The molecule has 0 saturated carbocycles. The predicted molar refractivity (Wildman–Crippen MR) is 149 cm³/mol. The summed E-state index contributed by atoms with van der Waals surface area (Å²) in [5, 5.41) is 10.9. The van der Waals surface area contributed by atoms with Crippen molar-refractivity contribution in [3.63, 3.8) is 0 Å². The molecule has 0 bridgehead atoms. The lowest BCUT2D eigenvalue weighted by atomic mass is 9.81. The molecule has 222 valence electrons. The molecule has 10 nitrogen and oxygen atoms in total. The van der Waals surface area contributed by atoms with Gasteiger partial charge in [-0.2, -0.15) is 8.78 Å². The maximum absolute atomic E-state index is 14.0. The first-order chi connectivity index (χ1) is 20.1. The third-order valence-corrected chi connectivity index (χ3v) is 8.72.